The molecule has 0 saturated heterocycles. The molecule has 0 aliphatic heterocycles. The van der Waals surface area contributed by atoms with Crippen LogP contribution in [-0.4, -0.2) is 26.8 Å². The number of ether oxygens (including phenoxy) is 1. The highest BCUT2D eigenvalue weighted by molar-refractivity contribution is 7.89. The van der Waals surface area contributed by atoms with Crippen molar-refractivity contribution in [2.75, 3.05) is 6.61 Å². The number of nitrogens with one attached hydrogen (secondary N) is 3. The summed E-state index contributed by atoms with van der Waals surface area (Å²) >= 11 is 6.08. The van der Waals surface area contributed by atoms with E-state index in [1.54, 1.807) is 48.5 Å². The summed E-state index contributed by atoms with van der Waals surface area (Å²) < 4.78 is 33.2. The Morgan fingerprint density at radius 3 is 2.12 bits per heavy atom. The van der Waals surface area contributed by atoms with Gasteiger partial charge in [0.05, 0.1) is 11.6 Å². The van der Waals surface area contributed by atoms with Gasteiger partial charge in [0.2, 0.25) is 10.0 Å². The van der Waals surface area contributed by atoms with Crippen molar-refractivity contribution in [1.29, 1.82) is 0 Å². The van der Waals surface area contributed by atoms with Crippen LogP contribution in [0.3, 0.4) is 0 Å². The molecule has 0 heterocycles. The fraction of sp³-hybridized carbons (Fsp3) is 0.130. The topological polar surface area (TPSA) is 114 Å². The molecule has 0 spiro atoms. The summed E-state index contributed by atoms with van der Waals surface area (Å²) in [7, 11) is -3.99. The predicted molar refractivity (Wildman–Crippen MR) is 124 cm³/mol. The summed E-state index contributed by atoms with van der Waals surface area (Å²) in [6.07, 6.45) is 0. The fourth-order valence-electron chi connectivity index (χ4n) is 2.83. The monoisotopic (exact) mass is 487 g/mol. The second kappa shape index (κ2) is 11.0. The first-order valence-electron chi connectivity index (χ1n) is 9.97. The molecule has 0 radical (unpaired) electrons. The van der Waals surface area contributed by atoms with E-state index in [0.29, 0.717) is 17.9 Å². The lowest BCUT2D eigenvalue weighted by Gasteiger charge is -2.11. The second-order valence-electron chi connectivity index (χ2n) is 6.82. The third-order valence-electron chi connectivity index (χ3n) is 4.51. The SMILES string of the molecule is CCOc1ccc(C(=O)NNC(=O)c2ccc(Cl)c(S(=O)(=O)NCc3ccccc3)c2)cc1. The lowest BCUT2D eigenvalue weighted by atomic mass is 10.2. The third-order valence-corrected chi connectivity index (χ3v) is 6.39. The predicted octanol–water partition coefficient (Wildman–Crippen LogP) is 3.29. The molecule has 2 amide bonds. The van der Waals surface area contributed by atoms with Gasteiger partial charge >= 0.3 is 0 Å². The van der Waals surface area contributed by atoms with E-state index in [-0.39, 0.29) is 22.0 Å². The number of hydrogen-bond acceptors (Lipinski definition) is 5. The van der Waals surface area contributed by atoms with Gasteiger partial charge in [-0.2, -0.15) is 0 Å². The van der Waals surface area contributed by atoms with Gasteiger partial charge in [-0.25, -0.2) is 13.1 Å². The molecule has 0 aromatic heterocycles. The van der Waals surface area contributed by atoms with E-state index in [1.165, 1.54) is 12.1 Å². The van der Waals surface area contributed by atoms with Crippen LogP contribution in [0.1, 0.15) is 33.2 Å². The summed E-state index contributed by atoms with van der Waals surface area (Å²) in [6, 6.07) is 19.2. The van der Waals surface area contributed by atoms with Crippen molar-refractivity contribution in [1.82, 2.24) is 15.6 Å². The quantitative estimate of drug-likeness (QED) is 0.422. The Morgan fingerprint density at radius 1 is 0.879 bits per heavy atom. The molecule has 0 fully saturated rings. The third kappa shape index (κ3) is 6.55. The molecule has 0 bridgehead atoms. The van der Waals surface area contributed by atoms with Crippen LogP contribution in [0.5, 0.6) is 5.75 Å². The number of carbonyl (C=O) groups is 2. The fourth-order valence-corrected chi connectivity index (χ4v) is 4.37. The Morgan fingerprint density at radius 2 is 1.48 bits per heavy atom. The standard InChI is InChI=1S/C23H22ClN3O5S/c1-2-32-19-11-8-17(9-12-19)22(28)26-27-23(29)18-10-13-20(24)21(14-18)33(30,31)25-15-16-6-4-3-5-7-16/h3-14,25H,2,15H2,1H3,(H,26,28)(H,27,29). The van der Waals surface area contributed by atoms with E-state index in [1.807, 2.05) is 13.0 Å². The number of hydrazine groups is 1. The van der Waals surface area contributed by atoms with Crippen LogP contribution >= 0.6 is 11.6 Å². The van der Waals surface area contributed by atoms with Crippen LogP contribution in [0.15, 0.2) is 77.7 Å². The van der Waals surface area contributed by atoms with Gasteiger partial charge in [-0.15, -0.1) is 0 Å². The molecule has 172 valence electrons. The Bertz CT molecular complexity index is 1230. The highest BCUT2D eigenvalue weighted by Gasteiger charge is 2.20. The summed E-state index contributed by atoms with van der Waals surface area (Å²) in [5.41, 5.74) is 5.64. The zero-order chi connectivity index (χ0) is 23.8. The van der Waals surface area contributed by atoms with Crippen molar-refractivity contribution in [3.05, 3.63) is 94.5 Å². The van der Waals surface area contributed by atoms with Crippen molar-refractivity contribution < 1.29 is 22.7 Å². The number of halogens is 1. The Balaban J connectivity index is 1.66. The molecule has 3 aromatic rings. The Hall–Kier alpha value is -3.40. The molecule has 10 heteroatoms. The van der Waals surface area contributed by atoms with E-state index in [4.69, 9.17) is 16.3 Å². The van der Waals surface area contributed by atoms with E-state index in [0.717, 1.165) is 11.6 Å². The first-order valence-corrected chi connectivity index (χ1v) is 11.8. The van der Waals surface area contributed by atoms with Crippen LogP contribution < -0.4 is 20.3 Å². The summed E-state index contributed by atoms with van der Waals surface area (Å²) in [5, 5.41) is -0.0365. The average molecular weight is 488 g/mol. The maximum absolute atomic E-state index is 12.7. The minimum absolute atomic E-state index is 0.00600. The van der Waals surface area contributed by atoms with Crippen molar-refractivity contribution >= 4 is 33.4 Å². The molecular formula is C23H22ClN3O5S. The van der Waals surface area contributed by atoms with Crippen LogP contribution in [0.2, 0.25) is 5.02 Å². The largest absolute Gasteiger partial charge is 0.494 e. The van der Waals surface area contributed by atoms with Gasteiger partial charge in [-0.3, -0.25) is 20.4 Å². The lowest BCUT2D eigenvalue weighted by molar-refractivity contribution is 0.0846. The molecule has 0 saturated carbocycles. The molecule has 3 N–H and O–H groups in total. The maximum atomic E-state index is 12.7. The normalized spacial score (nSPS) is 11.0. The van der Waals surface area contributed by atoms with E-state index < -0.39 is 21.8 Å². The van der Waals surface area contributed by atoms with Crippen LogP contribution in [0, 0.1) is 0 Å². The second-order valence-corrected chi connectivity index (χ2v) is 8.96. The molecule has 3 aromatic carbocycles. The molecule has 33 heavy (non-hydrogen) atoms. The van der Waals surface area contributed by atoms with E-state index in [9.17, 15) is 18.0 Å². The number of benzene rings is 3. The molecule has 0 unspecified atom stereocenters. The maximum Gasteiger partial charge on any atom is 0.269 e. The van der Waals surface area contributed by atoms with Crippen molar-refractivity contribution in [3.63, 3.8) is 0 Å². The first kappa shape index (κ1) is 24.2. The molecule has 0 atom stereocenters. The minimum atomic E-state index is -3.99. The van der Waals surface area contributed by atoms with Crippen molar-refractivity contribution in [3.8, 4) is 5.75 Å². The molecule has 8 nitrogen and oxygen atoms in total. The highest BCUT2D eigenvalue weighted by atomic mass is 35.5. The van der Waals surface area contributed by atoms with Crippen molar-refractivity contribution in [2.24, 2.45) is 0 Å². The van der Waals surface area contributed by atoms with Gasteiger partial charge in [0.1, 0.15) is 10.6 Å². The smallest absolute Gasteiger partial charge is 0.269 e. The minimum Gasteiger partial charge on any atom is -0.494 e. The van der Waals surface area contributed by atoms with Crippen LogP contribution in [0.25, 0.3) is 0 Å². The zero-order valence-electron chi connectivity index (χ0n) is 17.7. The molecule has 0 aliphatic carbocycles. The molecule has 0 aliphatic rings. The van der Waals surface area contributed by atoms with Gasteiger partial charge < -0.3 is 4.74 Å². The van der Waals surface area contributed by atoms with Crippen LogP contribution in [-0.2, 0) is 16.6 Å². The molecular weight excluding hydrogens is 466 g/mol. The van der Waals surface area contributed by atoms with Gasteiger partial charge in [-0.05, 0) is 55.0 Å². The number of sulfonamides is 1. The summed E-state index contributed by atoms with van der Waals surface area (Å²) in [5.74, 6) is -0.628. The average Bonchev–Trinajstić information content (AvgIpc) is 2.82. The van der Waals surface area contributed by atoms with Gasteiger partial charge in [0.15, 0.2) is 0 Å². The highest BCUT2D eigenvalue weighted by Crippen LogP contribution is 2.23. The molecule has 3 rings (SSSR count). The number of carbonyl (C=O) groups excluding carboxylic acids is 2. The van der Waals surface area contributed by atoms with E-state index >= 15 is 0 Å². The zero-order valence-corrected chi connectivity index (χ0v) is 19.2. The summed E-state index contributed by atoms with van der Waals surface area (Å²) in [6.45, 7) is 2.42. The van der Waals surface area contributed by atoms with Gasteiger partial charge in [0, 0.05) is 17.7 Å². The first-order chi connectivity index (χ1) is 15.8. The lowest BCUT2D eigenvalue weighted by Crippen LogP contribution is -2.41. The summed E-state index contributed by atoms with van der Waals surface area (Å²) in [4.78, 5) is 24.5. The number of rotatable bonds is 8. The van der Waals surface area contributed by atoms with E-state index in [2.05, 4.69) is 15.6 Å². The van der Waals surface area contributed by atoms with Crippen molar-refractivity contribution in [2.45, 2.75) is 18.4 Å². The number of amides is 2. The number of hydrogen-bond donors (Lipinski definition) is 3. The van der Waals surface area contributed by atoms with Crippen LogP contribution in [0.4, 0.5) is 0 Å². The van der Waals surface area contributed by atoms with Gasteiger partial charge in [-0.1, -0.05) is 41.9 Å². The Labute approximate surface area is 196 Å². The Kier molecular flexibility index (Phi) is 8.05. The van der Waals surface area contributed by atoms with Gasteiger partial charge in [0.25, 0.3) is 11.8 Å².